The minimum atomic E-state index is 0.576. The van der Waals surface area contributed by atoms with E-state index in [1.165, 1.54) is 0 Å². The molecule has 1 aromatic rings. The molecule has 0 saturated heterocycles. The van der Waals surface area contributed by atoms with Gasteiger partial charge in [0.25, 0.3) is 0 Å². The molecule has 0 aromatic heterocycles. The van der Waals surface area contributed by atoms with Crippen LogP contribution in [0, 0.1) is 0 Å². The summed E-state index contributed by atoms with van der Waals surface area (Å²) in [6.07, 6.45) is 0. The summed E-state index contributed by atoms with van der Waals surface area (Å²) in [5, 5.41) is 8.40. The molecule has 0 aliphatic carbocycles. The molecule has 3 heteroatoms. The third kappa shape index (κ3) is 1.31. The van der Waals surface area contributed by atoms with E-state index in [1.807, 2.05) is 11.5 Å². The van der Waals surface area contributed by atoms with Crippen molar-refractivity contribution < 1.29 is 5.21 Å². The predicted octanol–water partition coefficient (Wildman–Crippen LogP) is 1.39. The molecule has 2 nitrogen and oxygen atoms in total. The Bertz CT molecular complexity index is 202. The second-order valence-electron chi connectivity index (χ2n) is 1.61. The quantitative estimate of drug-likeness (QED) is 0.456. The highest BCUT2D eigenvalue weighted by Crippen LogP contribution is 2.11. The number of para-hydroxylation sites is 1. The van der Waals surface area contributed by atoms with Gasteiger partial charge in [-0.25, -0.2) is 0 Å². The molecular weight excluding hydrogens is 134 g/mol. The lowest BCUT2D eigenvalue weighted by molar-refractivity contribution is 0.387. The van der Waals surface area contributed by atoms with Crippen molar-refractivity contribution in [3.8, 4) is 0 Å². The van der Waals surface area contributed by atoms with Crippen molar-refractivity contribution >= 4 is 18.3 Å². The van der Waals surface area contributed by atoms with E-state index in [0.29, 0.717) is 10.6 Å². The van der Waals surface area contributed by atoms with E-state index in [-0.39, 0.29) is 0 Å². The first kappa shape index (κ1) is 6.32. The molecule has 1 aromatic carbocycles. The van der Waals surface area contributed by atoms with Crippen molar-refractivity contribution in [1.29, 1.82) is 0 Å². The van der Waals surface area contributed by atoms with E-state index in [4.69, 9.17) is 17.8 Å². The van der Waals surface area contributed by atoms with Crippen LogP contribution < -0.4 is 5.48 Å². The standard InChI is InChI=1S/C6H7NOS/c8-7-5-3-1-2-4-6(5)9/h1-4,7-9H/p-1. The van der Waals surface area contributed by atoms with E-state index in [1.54, 1.807) is 18.2 Å². The molecule has 0 amide bonds. The molecule has 0 atom stereocenters. The maximum Gasteiger partial charge on any atom is 0.0411 e. The lowest BCUT2D eigenvalue weighted by Gasteiger charge is -2.09. The van der Waals surface area contributed by atoms with Crippen molar-refractivity contribution in [2.45, 2.75) is 4.90 Å². The zero-order chi connectivity index (χ0) is 6.69. The number of hydrogen-bond donors (Lipinski definition) is 2. The molecule has 0 spiro atoms. The Morgan fingerprint density at radius 1 is 1.33 bits per heavy atom. The molecule has 1 rings (SSSR count). The molecule has 0 fully saturated rings. The van der Waals surface area contributed by atoms with Crippen LogP contribution in [0.25, 0.3) is 0 Å². The normalized spacial score (nSPS) is 9.00. The van der Waals surface area contributed by atoms with Gasteiger partial charge in [-0.1, -0.05) is 18.2 Å². The van der Waals surface area contributed by atoms with Gasteiger partial charge in [0.1, 0.15) is 0 Å². The molecule has 0 heterocycles. The largest absolute Gasteiger partial charge is 0.778 e. The number of hydrogen-bond acceptors (Lipinski definition) is 3. The van der Waals surface area contributed by atoms with Gasteiger partial charge in [0.05, 0.1) is 0 Å². The zero-order valence-corrected chi connectivity index (χ0v) is 5.48. The summed E-state index contributed by atoms with van der Waals surface area (Å²) in [6, 6.07) is 7.08. The Hall–Kier alpha value is -0.800. The van der Waals surface area contributed by atoms with Gasteiger partial charge >= 0.3 is 0 Å². The number of benzene rings is 1. The average molecular weight is 140 g/mol. The number of anilines is 1. The average Bonchev–Trinajstić information content (AvgIpc) is 1.89. The smallest absolute Gasteiger partial charge is 0.0411 e. The molecule has 0 aliphatic rings. The highest BCUT2D eigenvalue weighted by molar-refractivity contribution is 7.59. The molecular formula is C6H6NOS-. The Balaban J connectivity index is 3.01. The first-order valence-electron chi connectivity index (χ1n) is 2.51. The maximum absolute atomic E-state index is 8.40. The van der Waals surface area contributed by atoms with Gasteiger partial charge in [0.15, 0.2) is 0 Å². The van der Waals surface area contributed by atoms with Gasteiger partial charge in [0.2, 0.25) is 0 Å². The maximum atomic E-state index is 8.40. The summed E-state index contributed by atoms with van der Waals surface area (Å²) >= 11 is 4.83. The summed E-state index contributed by atoms with van der Waals surface area (Å²) in [6.45, 7) is 0. The van der Waals surface area contributed by atoms with Crippen LogP contribution in [0.3, 0.4) is 0 Å². The van der Waals surface area contributed by atoms with Crippen LogP contribution in [-0.4, -0.2) is 5.21 Å². The van der Waals surface area contributed by atoms with Crippen LogP contribution in [0.2, 0.25) is 0 Å². The van der Waals surface area contributed by atoms with E-state index in [9.17, 15) is 0 Å². The lowest BCUT2D eigenvalue weighted by Crippen LogP contribution is -1.90. The van der Waals surface area contributed by atoms with E-state index < -0.39 is 0 Å². The van der Waals surface area contributed by atoms with Gasteiger partial charge < -0.3 is 12.6 Å². The summed E-state index contributed by atoms with van der Waals surface area (Å²) in [5.41, 5.74) is 2.57. The molecule has 0 aliphatic heterocycles. The van der Waals surface area contributed by atoms with Crippen LogP contribution in [0.15, 0.2) is 29.2 Å². The summed E-state index contributed by atoms with van der Waals surface area (Å²) in [7, 11) is 0. The zero-order valence-electron chi connectivity index (χ0n) is 4.66. The summed E-state index contributed by atoms with van der Waals surface area (Å²) in [4.78, 5) is 0.625. The molecule has 0 bridgehead atoms. The predicted molar refractivity (Wildman–Crippen MR) is 37.5 cm³/mol. The van der Waals surface area contributed by atoms with Crippen LogP contribution in [-0.2, 0) is 12.6 Å². The lowest BCUT2D eigenvalue weighted by atomic mass is 10.3. The fourth-order valence-corrected chi connectivity index (χ4v) is 0.751. The first-order valence-corrected chi connectivity index (χ1v) is 2.91. The van der Waals surface area contributed by atoms with Gasteiger partial charge in [-0.2, -0.15) is 0 Å². The van der Waals surface area contributed by atoms with Crippen molar-refractivity contribution in [3.05, 3.63) is 24.3 Å². The van der Waals surface area contributed by atoms with Crippen LogP contribution in [0.1, 0.15) is 0 Å². The topological polar surface area (TPSA) is 32.3 Å². The van der Waals surface area contributed by atoms with Crippen molar-refractivity contribution in [2.75, 3.05) is 5.48 Å². The van der Waals surface area contributed by atoms with Gasteiger partial charge in [-0.05, 0) is 6.07 Å². The second kappa shape index (κ2) is 2.66. The second-order valence-corrected chi connectivity index (χ2v) is 2.05. The van der Waals surface area contributed by atoms with E-state index in [0.717, 1.165) is 0 Å². The first-order chi connectivity index (χ1) is 4.34. The molecule has 2 N–H and O–H groups in total. The SMILES string of the molecule is ONc1ccccc1[S-]. The fourth-order valence-electron chi connectivity index (χ4n) is 0.559. The van der Waals surface area contributed by atoms with Crippen molar-refractivity contribution in [1.82, 2.24) is 0 Å². The summed E-state index contributed by atoms with van der Waals surface area (Å²) in [5.74, 6) is 0. The van der Waals surface area contributed by atoms with Gasteiger partial charge in [0, 0.05) is 5.69 Å². The molecule has 48 valence electrons. The third-order valence-electron chi connectivity index (χ3n) is 1.01. The Labute approximate surface area is 58.9 Å². The van der Waals surface area contributed by atoms with Crippen LogP contribution in [0.5, 0.6) is 0 Å². The Kier molecular flexibility index (Phi) is 1.87. The Morgan fingerprint density at radius 3 is 2.44 bits per heavy atom. The van der Waals surface area contributed by atoms with E-state index >= 15 is 0 Å². The number of nitrogens with one attached hydrogen (secondary N) is 1. The molecule has 9 heavy (non-hydrogen) atoms. The molecule has 0 unspecified atom stereocenters. The fraction of sp³-hybridized carbons (Fsp3) is 0. The van der Waals surface area contributed by atoms with Crippen molar-refractivity contribution in [3.63, 3.8) is 0 Å². The summed E-state index contributed by atoms with van der Waals surface area (Å²) < 4.78 is 0. The minimum absolute atomic E-state index is 0.576. The van der Waals surface area contributed by atoms with Gasteiger partial charge in [-0.15, -0.1) is 4.90 Å². The highest BCUT2D eigenvalue weighted by Gasteiger charge is 1.83. The monoisotopic (exact) mass is 140 g/mol. The van der Waals surface area contributed by atoms with Gasteiger partial charge in [-0.3, -0.25) is 10.7 Å². The highest BCUT2D eigenvalue weighted by atomic mass is 32.1. The molecule has 0 saturated carbocycles. The van der Waals surface area contributed by atoms with E-state index in [2.05, 4.69) is 0 Å². The van der Waals surface area contributed by atoms with Crippen molar-refractivity contribution in [2.24, 2.45) is 0 Å². The molecule has 0 radical (unpaired) electrons. The Morgan fingerprint density at radius 2 is 2.00 bits per heavy atom. The van der Waals surface area contributed by atoms with Crippen LogP contribution in [0.4, 0.5) is 5.69 Å². The number of rotatable bonds is 1. The third-order valence-corrected chi connectivity index (χ3v) is 1.36. The minimum Gasteiger partial charge on any atom is -0.778 e. The van der Waals surface area contributed by atoms with Crippen LogP contribution >= 0.6 is 0 Å².